The zero-order chi connectivity index (χ0) is 22.9. The van der Waals surface area contributed by atoms with Crippen molar-refractivity contribution < 1.29 is 19.3 Å². The van der Waals surface area contributed by atoms with Gasteiger partial charge in [0.2, 0.25) is 13.8 Å². The summed E-state index contributed by atoms with van der Waals surface area (Å²) >= 11 is 0. The Kier molecular flexibility index (Phi) is 5.82. The topological polar surface area (TPSA) is 120 Å². The smallest absolute Gasteiger partial charge is 0.259 e. The van der Waals surface area contributed by atoms with Crippen LogP contribution in [0, 0.1) is 17.3 Å². The van der Waals surface area contributed by atoms with Crippen LogP contribution in [0.15, 0.2) is 36.8 Å². The van der Waals surface area contributed by atoms with Gasteiger partial charge in [-0.3, -0.25) is 0 Å². The molecule has 4 rings (SSSR count). The number of hydrogen-bond donors (Lipinski definition) is 2. The van der Waals surface area contributed by atoms with Crippen LogP contribution >= 0.6 is 0 Å². The summed E-state index contributed by atoms with van der Waals surface area (Å²) < 4.78 is 20.3. The van der Waals surface area contributed by atoms with Crippen LogP contribution < -0.4 is 9.64 Å². The average Bonchev–Trinajstić information content (AvgIpc) is 3.19. The van der Waals surface area contributed by atoms with E-state index in [9.17, 15) is 19.9 Å². The Labute approximate surface area is 185 Å². The normalized spacial score (nSPS) is 14.9. The number of ether oxygens (including phenoxy) is 1. The van der Waals surface area contributed by atoms with Crippen LogP contribution in [0.2, 0.25) is 0 Å². The van der Waals surface area contributed by atoms with Crippen molar-refractivity contribution in [1.82, 2.24) is 19.7 Å². The van der Waals surface area contributed by atoms with E-state index in [-0.39, 0.29) is 17.2 Å². The van der Waals surface area contributed by atoms with E-state index in [0.717, 1.165) is 18.7 Å². The van der Waals surface area contributed by atoms with Crippen molar-refractivity contribution in [2.75, 3.05) is 18.0 Å². The van der Waals surface area contributed by atoms with Gasteiger partial charge in [0.1, 0.15) is 29.5 Å². The van der Waals surface area contributed by atoms with Gasteiger partial charge < -0.3 is 24.4 Å². The predicted octanol–water partition coefficient (Wildman–Crippen LogP) is 1.42. The molecular weight excluding hydrogens is 414 g/mol. The van der Waals surface area contributed by atoms with Gasteiger partial charge in [0.25, 0.3) is 5.87 Å². The Morgan fingerprint density at radius 2 is 2.00 bits per heavy atom. The van der Waals surface area contributed by atoms with Crippen molar-refractivity contribution in [3.8, 4) is 22.9 Å². The fourth-order valence-electron chi connectivity index (χ4n) is 4.05. The molecule has 0 aliphatic carbocycles. The average molecular weight is 434 g/mol. The van der Waals surface area contributed by atoms with E-state index in [0.29, 0.717) is 29.9 Å². The Morgan fingerprint density at radius 3 is 2.56 bits per heavy atom. The first kappa shape index (κ1) is 21.7. The first-order valence-electron chi connectivity index (χ1n) is 9.97. The summed E-state index contributed by atoms with van der Waals surface area (Å²) in [6, 6.07) is 7.97. The Balaban J connectivity index is 1.74. The van der Waals surface area contributed by atoms with Gasteiger partial charge in [-0.15, -0.1) is 10.2 Å². The quantitative estimate of drug-likeness (QED) is 0.352. The number of piperidine rings is 1. The summed E-state index contributed by atoms with van der Waals surface area (Å²) in [7, 11) is 7.07. The molecular formula is C21H20BFN6O3. The van der Waals surface area contributed by atoms with Crippen molar-refractivity contribution in [3.63, 3.8) is 0 Å². The van der Waals surface area contributed by atoms with Crippen LogP contribution in [0.25, 0.3) is 11.1 Å². The van der Waals surface area contributed by atoms with E-state index in [1.807, 2.05) is 16.5 Å². The van der Waals surface area contributed by atoms with Crippen molar-refractivity contribution in [1.29, 1.82) is 5.26 Å². The fourth-order valence-corrected chi connectivity index (χ4v) is 4.05. The van der Waals surface area contributed by atoms with Crippen molar-refractivity contribution in [2.45, 2.75) is 24.6 Å². The summed E-state index contributed by atoms with van der Waals surface area (Å²) in [5, 5.41) is 37.1. The predicted molar refractivity (Wildman–Crippen MR) is 113 cm³/mol. The third-order valence-electron chi connectivity index (χ3n) is 5.47. The summed E-state index contributed by atoms with van der Waals surface area (Å²) in [6.45, 7) is 1.20. The van der Waals surface area contributed by atoms with Gasteiger partial charge in [0.05, 0.1) is 5.69 Å². The van der Waals surface area contributed by atoms with Gasteiger partial charge in [0.15, 0.2) is 0 Å². The molecule has 0 bridgehead atoms. The molecule has 1 fully saturated rings. The lowest BCUT2D eigenvalue weighted by atomic mass is 9.93. The number of rotatable bonds is 5. The van der Waals surface area contributed by atoms with Crippen LogP contribution in [0.3, 0.4) is 0 Å². The third kappa shape index (κ3) is 4.42. The number of halogens is 1. The van der Waals surface area contributed by atoms with E-state index >= 15 is 0 Å². The van der Waals surface area contributed by atoms with E-state index in [2.05, 4.69) is 21.3 Å². The Hall–Kier alpha value is -3.49. The fraction of sp³-hybridized carbons (Fsp3) is 0.333. The largest absolute Gasteiger partial charge is 0.447 e. The van der Waals surface area contributed by atoms with E-state index in [1.165, 1.54) is 18.3 Å². The van der Waals surface area contributed by atoms with Gasteiger partial charge in [-0.05, 0) is 37.1 Å². The van der Waals surface area contributed by atoms with Gasteiger partial charge in [-0.25, -0.2) is 4.98 Å². The molecule has 3 heterocycles. The second-order valence-corrected chi connectivity index (χ2v) is 7.64. The molecule has 1 aromatic carbocycles. The summed E-state index contributed by atoms with van der Waals surface area (Å²) in [6.07, 6.45) is 4.58. The van der Waals surface area contributed by atoms with E-state index in [1.54, 1.807) is 18.5 Å². The number of aliphatic hydroxyl groups is 2. The molecule has 162 valence electrons. The lowest BCUT2D eigenvalue weighted by Crippen LogP contribution is -2.37. The summed E-state index contributed by atoms with van der Waals surface area (Å²) in [5.74, 6) is -2.53. The van der Waals surface area contributed by atoms with Gasteiger partial charge in [-0.2, -0.15) is 9.65 Å². The number of benzene rings is 1. The van der Waals surface area contributed by atoms with E-state index < -0.39 is 11.8 Å². The van der Waals surface area contributed by atoms with Gasteiger partial charge >= 0.3 is 0 Å². The monoisotopic (exact) mass is 434 g/mol. The highest BCUT2D eigenvalue weighted by Crippen LogP contribution is 2.41. The Bertz CT molecular complexity index is 1150. The van der Waals surface area contributed by atoms with Crippen molar-refractivity contribution in [2.24, 2.45) is 7.05 Å². The van der Waals surface area contributed by atoms with Crippen LogP contribution in [-0.2, 0) is 7.05 Å². The number of anilines is 1. The zero-order valence-corrected chi connectivity index (χ0v) is 17.3. The van der Waals surface area contributed by atoms with Gasteiger partial charge in [-0.1, -0.05) is 0 Å². The molecule has 0 saturated carbocycles. The number of aryl methyl sites for hydroxylation is 1. The highest BCUT2D eigenvalue weighted by molar-refractivity contribution is 6.12. The van der Waals surface area contributed by atoms with Crippen LogP contribution in [0.5, 0.6) is 5.75 Å². The summed E-state index contributed by atoms with van der Waals surface area (Å²) in [5.41, 5.74) is 1.85. The van der Waals surface area contributed by atoms with Gasteiger partial charge in [0, 0.05) is 43.4 Å². The molecule has 2 aromatic heterocycles. The summed E-state index contributed by atoms with van der Waals surface area (Å²) in [4.78, 5) is 5.74. The van der Waals surface area contributed by atoms with E-state index in [4.69, 9.17) is 12.6 Å². The third-order valence-corrected chi connectivity index (χ3v) is 5.47. The molecule has 11 heteroatoms. The minimum atomic E-state index is -2.94. The molecule has 3 aromatic rings. The molecule has 0 atom stereocenters. The molecule has 9 nitrogen and oxygen atoms in total. The zero-order valence-electron chi connectivity index (χ0n) is 17.3. The molecule has 2 N–H and O–H groups in total. The second-order valence-electron chi connectivity index (χ2n) is 7.64. The first-order chi connectivity index (χ1) is 15.3. The van der Waals surface area contributed by atoms with Crippen LogP contribution in [-0.4, -0.2) is 56.8 Å². The maximum absolute atomic E-state index is 13.4. The van der Waals surface area contributed by atoms with Crippen molar-refractivity contribution >= 4 is 13.5 Å². The number of pyridine rings is 1. The molecule has 1 aliphatic rings. The Morgan fingerprint density at radius 1 is 1.25 bits per heavy atom. The molecule has 0 spiro atoms. The van der Waals surface area contributed by atoms with Crippen LogP contribution in [0.1, 0.15) is 30.1 Å². The number of aromatic nitrogens is 4. The SMILES string of the molecule is [B]C(O)(O)Oc1ccc(-c2ccc(F)nc2)c(N2CCC(c3nncn3C)CC2)c1C#N. The molecule has 0 unspecified atom stereocenters. The number of nitrogens with zero attached hydrogens (tertiary/aromatic N) is 6. The molecule has 1 aliphatic heterocycles. The maximum Gasteiger partial charge on any atom is 0.259 e. The lowest BCUT2D eigenvalue weighted by molar-refractivity contribution is -0.223. The maximum atomic E-state index is 13.4. The molecule has 0 amide bonds. The van der Waals surface area contributed by atoms with Crippen LogP contribution in [0.4, 0.5) is 10.1 Å². The number of hydrogen-bond acceptors (Lipinski definition) is 8. The molecule has 1 saturated heterocycles. The lowest BCUT2D eigenvalue weighted by Gasteiger charge is -2.35. The minimum absolute atomic E-state index is 0.0794. The first-order valence-corrected chi connectivity index (χ1v) is 9.97. The standard InChI is InChI=1S/C21H20BFN6O3/c1-28-12-26-27-20(28)13-6-8-29(9-7-13)19-15(14-2-5-18(23)25-11-14)3-4-17(16(19)10-24)32-21(22,30)31/h2-5,11-13,30-31H,6-9H2,1H3. The number of nitriles is 1. The van der Waals surface area contributed by atoms with Crippen molar-refractivity contribution in [3.05, 3.63) is 54.1 Å². The highest BCUT2D eigenvalue weighted by Gasteiger charge is 2.29. The highest BCUT2D eigenvalue weighted by atomic mass is 19.1. The molecule has 2 radical (unpaired) electrons. The second kappa shape index (κ2) is 8.57. The minimum Gasteiger partial charge on any atom is -0.447 e. The molecule has 32 heavy (non-hydrogen) atoms.